The first-order chi connectivity index (χ1) is 12.9. The molecule has 0 radical (unpaired) electrons. The number of aromatic amines is 1. The summed E-state index contributed by atoms with van der Waals surface area (Å²) in [6, 6.07) is 5.74. The van der Waals surface area contributed by atoms with E-state index in [2.05, 4.69) is 19.1 Å². The van der Waals surface area contributed by atoms with Gasteiger partial charge in [0, 0.05) is 29.4 Å². The van der Waals surface area contributed by atoms with Gasteiger partial charge in [-0.25, -0.2) is 4.79 Å². The molecule has 1 unspecified atom stereocenters. The number of hydrogen-bond acceptors (Lipinski definition) is 3. The lowest BCUT2D eigenvalue weighted by atomic mass is 10.0. The second-order valence-corrected chi connectivity index (χ2v) is 7.79. The van der Waals surface area contributed by atoms with Crippen LogP contribution in [0, 0.1) is 6.92 Å². The fraction of sp³-hybridized carbons (Fsp3) is 0.524. The molecule has 1 saturated heterocycles. The van der Waals surface area contributed by atoms with Crippen molar-refractivity contribution in [1.82, 2.24) is 4.98 Å². The third-order valence-corrected chi connectivity index (χ3v) is 5.82. The van der Waals surface area contributed by atoms with Gasteiger partial charge < -0.3 is 19.5 Å². The summed E-state index contributed by atoms with van der Waals surface area (Å²) >= 11 is 0. The highest BCUT2D eigenvalue weighted by Crippen LogP contribution is 2.14. The number of hydrogen-bond donors (Lipinski definition) is 3. The van der Waals surface area contributed by atoms with Gasteiger partial charge in [-0.05, 0) is 32.0 Å². The van der Waals surface area contributed by atoms with E-state index in [4.69, 9.17) is 4.74 Å². The maximum atomic E-state index is 13.2. The molecule has 6 heteroatoms. The molecule has 2 aromatic rings. The maximum absolute atomic E-state index is 13.2. The summed E-state index contributed by atoms with van der Waals surface area (Å²) < 4.78 is 5.07. The van der Waals surface area contributed by atoms with E-state index < -0.39 is 5.97 Å². The molecular weight excluding hydrogens is 342 g/mol. The molecule has 0 saturated carbocycles. The lowest BCUT2D eigenvalue weighted by molar-refractivity contribution is -0.948. The predicted octanol–water partition coefficient (Wildman–Crippen LogP) is -0.295. The molecular formula is C21H31N3O3+2. The first kappa shape index (κ1) is 19.6. The number of fused-ring (bicyclic) bond motifs is 1. The van der Waals surface area contributed by atoms with Gasteiger partial charge in [-0.3, -0.25) is 4.79 Å². The lowest BCUT2D eigenvalue weighted by Gasteiger charge is -2.30. The number of benzene rings is 1. The Morgan fingerprint density at radius 2 is 2.04 bits per heavy atom. The van der Waals surface area contributed by atoms with Crippen LogP contribution in [-0.4, -0.2) is 50.8 Å². The van der Waals surface area contributed by atoms with Crippen LogP contribution in [0.15, 0.2) is 23.0 Å². The molecule has 2 heterocycles. The highest BCUT2D eigenvalue weighted by molar-refractivity contribution is 5.94. The average molecular weight is 373 g/mol. The van der Waals surface area contributed by atoms with Gasteiger partial charge in [0.15, 0.2) is 5.43 Å². The van der Waals surface area contributed by atoms with Crippen LogP contribution in [0.4, 0.5) is 0 Å². The second kappa shape index (κ2) is 8.23. The van der Waals surface area contributed by atoms with Crippen molar-refractivity contribution in [2.45, 2.75) is 39.3 Å². The highest BCUT2D eigenvalue weighted by Gasteiger charge is 2.27. The molecule has 3 rings (SSSR count). The largest absolute Gasteiger partial charge is 0.462 e. The van der Waals surface area contributed by atoms with Gasteiger partial charge >= 0.3 is 5.97 Å². The quantitative estimate of drug-likeness (QED) is 0.631. The van der Waals surface area contributed by atoms with Crippen molar-refractivity contribution in [2.24, 2.45) is 0 Å². The molecule has 3 N–H and O–H groups in total. The van der Waals surface area contributed by atoms with E-state index in [9.17, 15) is 9.59 Å². The molecule has 1 atom stereocenters. The van der Waals surface area contributed by atoms with E-state index in [1.165, 1.54) is 30.8 Å². The van der Waals surface area contributed by atoms with E-state index in [1.54, 1.807) is 30.0 Å². The van der Waals surface area contributed by atoms with Crippen LogP contribution in [0.25, 0.3) is 10.9 Å². The third-order valence-electron chi connectivity index (χ3n) is 5.82. The first-order valence-electron chi connectivity index (χ1n) is 9.87. The molecule has 0 amide bonds. The minimum absolute atomic E-state index is 0.0188. The van der Waals surface area contributed by atoms with E-state index >= 15 is 0 Å². The smallest absolute Gasteiger partial charge is 0.338 e. The summed E-state index contributed by atoms with van der Waals surface area (Å²) in [5.74, 6) is -0.391. The van der Waals surface area contributed by atoms with Gasteiger partial charge in [0.05, 0.1) is 51.0 Å². The van der Waals surface area contributed by atoms with Crippen LogP contribution >= 0.6 is 0 Å². The Labute approximate surface area is 160 Å². The van der Waals surface area contributed by atoms with Crippen LogP contribution in [0.2, 0.25) is 0 Å². The van der Waals surface area contributed by atoms with Gasteiger partial charge in [-0.15, -0.1) is 0 Å². The number of pyridine rings is 1. The molecule has 0 bridgehead atoms. The summed E-state index contributed by atoms with van der Waals surface area (Å²) in [7, 11) is 4.42. The molecule has 146 valence electrons. The summed E-state index contributed by atoms with van der Waals surface area (Å²) in [5, 5.41) is 0.557. The van der Waals surface area contributed by atoms with Gasteiger partial charge in [-0.1, -0.05) is 0 Å². The Morgan fingerprint density at radius 3 is 2.70 bits per heavy atom. The molecule has 1 fully saturated rings. The zero-order valence-electron chi connectivity index (χ0n) is 16.8. The Balaban J connectivity index is 1.90. The molecule has 1 aliphatic heterocycles. The number of quaternary nitrogens is 2. The highest BCUT2D eigenvalue weighted by atomic mass is 16.5. The van der Waals surface area contributed by atoms with E-state index in [-0.39, 0.29) is 5.43 Å². The van der Waals surface area contributed by atoms with Gasteiger partial charge in [0.2, 0.25) is 0 Å². The van der Waals surface area contributed by atoms with Crippen molar-refractivity contribution < 1.29 is 19.3 Å². The minimum atomic E-state index is -0.391. The van der Waals surface area contributed by atoms with E-state index in [0.717, 1.165) is 16.8 Å². The fourth-order valence-electron chi connectivity index (χ4n) is 4.03. The normalized spacial score (nSPS) is 21.2. The van der Waals surface area contributed by atoms with Crippen LogP contribution in [0.5, 0.6) is 0 Å². The SMILES string of the molecule is CCOC(=O)c1ccc2[nH]c(C)c(C[NH+](C)C3CC[NH+](C)CC3)c(=O)c2c1. The number of carbonyl (C=O) groups is 1. The zero-order valence-corrected chi connectivity index (χ0v) is 16.8. The van der Waals surface area contributed by atoms with Crippen molar-refractivity contribution in [3.63, 3.8) is 0 Å². The molecule has 0 spiro atoms. The average Bonchev–Trinajstić information content (AvgIpc) is 2.65. The van der Waals surface area contributed by atoms with Crippen molar-refractivity contribution >= 4 is 16.9 Å². The first-order valence-corrected chi connectivity index (χ1v) is 9.87. The van der Waals surface area contributed by atoms with Crippen LogP contribution in [0.3, 0.4) is 0 Å². The number of aryl methyl sites for hydroxylation is 1. The van der Waals surface area contributed by atoms with Gasteiger partial charge in [-0.2, -0.15) is 0 Å². The lowest BCUT2D eigenvalue weighted by Crippen LogP contribution is -3.17. The number of carbonyl (C=O) groups excluding carboxylic acids is 1. The molecule has 1 aliphatic rings. The summed E-state index contributed by atoms with van der Waals surface area (Å²) in [4.78, 5) is 31.5. The molecule has 27 heavy (non-hydrogen) atoms. The Kier molecular flexibility index (Phi) is 5.97. The molecule has 6 nitrogen and oxygen atoms in total. The van der Waals surface area contributed by atoms with Gasteiger partial charge in [0.1, 0.15) is 6.54 Å². The zero-order chi connectivity index (χ0) is 19.6. The summed E-state index contributed by atoms with van der Waals surface area (Å²) in [6.07, 6.45) is 2.38. The standard InChI is InChI=1S/C21H29N3O3/c1-5-27-21(26)15-6-7-19-17(12-15)20(25)18(14(2)22-19)13-24(4)16-8-10-23(3)11-9-16/h6-7,12,16H,5,8-11,13H2,1-4H3,(H,22,25)/p+2. The van der Waals surface area contributed by atoms with Crippen molar-refractivity contribution in [3.8, 4) is 0 Å². The molecule has 0 aliphatic carbocycles. The monoisotopic (exact) mass is 373 g/mol. The molecule has 1 aromatic heterocycles. The number of aromatic nitrogens is 1. The Morgan fingerprint density at radius 1 is 1.33 bits per heavy atom. The predicted molar refractivity (Wildman–Crippen MR) is 105 cm³/mol. The Bertz CT molecular complexity index is 882. The maximum Gasteiger partial charge on any atom is 0.338 e. The number of likely N-dealkylation sites (tertiary alicyclic amines) is 1. The van der Waals surface area contributed by atoms with Crippen LogP contribution in [0.1, 0.15) is 41.4 Å². The molecule has 1 aromatic carbocycles. The number of esters is 1. The number of rotatable bonds is 5. The van der Waals surface area contributed by atoms with Crippen molar-refractivity contribution in [3.05, 3.63) is 45.2 Å². The number of nitrogens with one attached hydrogen (secondary N) is 3. The van der Waals surface area contributed by atoms with E-state index in [0.29, 0.717) is 30.1 Å². The van der Waals surface area contributed by atoms with E-state index in [1.807, 2.05) is 6.92 Å². The van der Waals surface area contributed by atoms with Crippen LogP contribution in [-0.2, 0) is 11.3 Å². The Hall–Kier alpha value is -2.18. The number of piperidine rings is 1. The fourth-order valence-corrected chi connectivity index (χ4v) is 4.03. The van der Waals surface area contributed by atoms with Gasteiger partial charge in [0.25, 0.3) is 0 Å². The second-order valence-electron chi connectivity index (χ2n) is 7.79. The summed E-state index contributed by atoms with van der Waals surface area (Å²) in [6.45, 7) is 7.14. The van der Waals surface area contributed by atoms with Crippen molar-refractivity contribution in [2.75, 3.05) is 33.8 Å². The summed E-state index contributed by atoms with van der Waals surface area (Å²) in [5.41, 5.74) is 2.92. The topological polar surface area (TPSA) is 68.0 Å². The third kappa shape index (κ3) is 4.22. The van der Waals surface area contributed by atoms with Crippen molar-refractivity contribution in [1.29, 1.82) is 0 Å². The minimum Gasteiger partial charge on any atom is -0.462 e. The van der Waals surface area contributed by atoms with Crippen LogP contribution < -0.4 is 15.2 Å². The number of ether oxygens (including phenoxy) is 1. The number of H-pyrrole nitrogens is 1.